The number of rotatable bonds is 4. The number of halogens is 1. The molecule has 1 fully saturated rings. The van der Waals surface area contributed by atoms with Crippen molar-refractivity contribution in [1.82, 2.24) is 5.32 Å². The zero-order chi connectivity index (χ0) is 11.4. The van der Waals surface area contributed by atoms with Crippen molar-refractivity contribution < 1.29 is 0 Å². The van der Waals surface area contributed by atoms with Crippen LogP contribution in [0.25, 0.3) is 0 Å². The summed E-state index contributed by atoms with van der Waals surface area (Å²) in [5.74, 6) is 0.900. The molecule has 1 aliphatic rings. The fourth-order valence-corrected chi connectivity index (χ4v) is 3.91. The monoisotopic (exact) mass is 301 g/mol. The summed E-state index contributed by atoms with van der Waals surface area (Å²) in [5, 5.41) is 5.83. The Morgan fingerprint density at radius 2 is 2.19 bits per heavy atom. The summed E-state index contributed by atoms with van der Waals surface area (Å²) in [5.41, 5.74) is 0. The number of hydrogen-bond acceptors (Lipinski definition) is 2. The van der Waals surface area contributed by atoms with Gasteiger partial charge in [-0.3, -0.25) is 0 Å². The molecule has 0 aromatic carbocycles. The minimum absolute atomic E-state index is 0.668. The third-order valence-corrected chi connectivity index (χ3v) is 5.27. The highest BCUT2D eigenvalue weighted by Gasteiger charge is 2.19. The van der Waals surface area contributed by atoms with E-state index in [4.69, 9.17) is 0 Å². The predicted octanol–water partition coefficient (Wildman–Crippen LogP) is 4.57. The highest BCUT2D eigenvalue weighted by Crippen LogP contribution is 2.27. The van der Waals surface area contributed by atoms with Gasteiger partial charge in [-0.25, -0.2) is 0 Å². The number of hydrogen-bond donors (Lipinski definition) is 1. The van der Waals surface area contributed by atoms with E-state index in [2.05, 4.69) is 39.6 Å². The molecule has 1 aliphatic carbocycles. The van der Waals surface area contributed by atoms with Crippen molar-refractivity contribution in [3.8, 4) is 0 Å². The van der Waals surface area contributed by atoms with Gasteiger partial charge in [0.05, 0.1) is 0 Å². The summed E-state index contributed by atoms with van der Waals surface area (Å²) in [6.07, 6.45) is 7.15. The van der Waals surface area contributed by atoms with Crippen LogP contribution < -0.4 is 5.32 Å². The minimum atomic E-state index is 0.668. The van der Waals surface area contributed by atoms with E-state index in [0.717, 1.165) is 12.5 Å². The Kier molecular flexibility index (Phi) is 4.86. The molecular formula is C13H20BrNS. The number of thiophene rings is 1. The smallest absolute Gasteiger partial charge is 0.0302 e. The summed E-state index contributed by atoms with van der Waals surface area (Å²) < 4.78 is 1.21. The molecule has 1 saturated carbocycles. The van der Waals surface area contributed by atoms with Crippen molar-refractivity contribution in [3.63, 3.8) is 0 Å². The van der Waals surface area contributed by atoms with Crippen LogP contribution in [0.4, 0.5) is 0 Å². The quantitative estimate of drug-likeness (QED) is 0.859. The second-order valence-corrected chi connectivity index (χ2v) is 6.71. The van der Waals surface area contributed by atoms with E-state index in [-0.39, 0.29) is 0 Å². The molecular weight excluding hydrogens is 282 g/mol. The van der Waals surface area contributed by atoms with Gasteiger partial charge in [-0.15, -0.1) is 11.3 Å². The van der Waals surface area contributed by atoms with Gasteiger partial charge in [0.2, 0.25) is 0 Å². The molecule has 1 atom stereocenters. The van der Waals surface area contributed by atoms with Crippen molar-refractivity contribution in [2.45, 2.75) is 51.6 Å². The normalized spacial score (nSPS) is 19.9. The van der Waals surface area contributed by atoms with Crippen LogP contribution in [-0.2, 0) is 6.54 Å². The lowest BCUT2D eigenvalue weighted by Gasteiger charge is -2.28. The van der Waals surface area contributed by atoms with E-state index in [9.17, 15) is 0 Å². The molecule has 1 aromatic rings. The fourth-order valence-electron chi connectivity index (χ4n) is 2.51. The Balaban J connectivity index is 1.76. The van der Waals surface area contributed by atoms with Crippen LogP contribution in [0.2, 0.25) is 0 Å². The van der Waals surface area contributed by atoms with Gasteiger partial charge in [0, 0.05) is 27.3 Å². The van der Waals surface area contributed by atoms with Gasteiger partial charge >= 0.3 is 0 Å². The van der Waals surface area contributed by atoms with Gasteiger partial charge in [-0.1, -0.05) is 19.3 Å². The third-order valence-electron chi connectivity index (χ3n) is 3.58. The Hall–Kier alpha value is 0.140. The maximum absolute atomic E-state index is 3.67. The summed E-state index contributed by atoms with van der Waals surface area (Å²) in [4.78, 5) is 1.43. The summed E-state index contributed by atoms with van der Waals surface area (Å²) in [6, 6.07) is 2.88. The zero-order valence-corrected chi connectivity index (χ0v) is 12.2. The van der Waals surface area contributed by atoms with Gasteiger partial charge in [0.25, 0.3) is 0 Å². The van der Waals surface area contributed by atoms with Crippen LogP contribution in [0.3, 0.4) is 0 Å². The predicted molar refractivity (Wildman–Crippen MR) is 74.9 cm³/mol. The molecule has 3 heteroatoms. The maximum atomic E-state index is 3.67. The van der Waals surface area contributed by atoms with E-state index in [1.165, 1.54) is 41.5 Å². The van der Waals surface area contributed by atoms with Crippen LogP contribution in [0, 0.1) is 5.92 Å². The average molecular weight is 302 g/mol. The van der Waals surface area contributed by atoms with Gasteiger partial charge in [0.1, 0.15) is 0 Å². The van der Waals surface area contributed by atoms with Crippen LogP contribution in [0.5, 0.6) is 0 Å². The van der Waals surface area contributed by atoms with E-state index in [1.807, 2.05) is 11.3 Å². The van der Waals surface area contributed by atoms with E-state index in [1.54, 1.807) is 0 Å². The largest absolute Gasteiger partial charge is 0.309 e. The zero-order valence-electron chi connectivity index (χ0n) is 9.84. The lowest BCUT2D eigenvalue weighted by molar-refractivity contribution is 0.281. The Morgan fingerprint density at radius 3 is 2.81 bits per heavy atom. The molecule has 90 valence electrons. The molecule has 0 unspecified atom stereocenters. The van der Waals surface area contributed by atoms with Crippen molar-refractivity contribution in [3.05, 3.63) is 20.8 Å². The van der Waals surface area contributed by atoms with Crippen molar-refractivity contribution >= 4 is 27.3 Å². The third kappa shape index (κ3) is 3.57. The SMILES string of the molecule is C[C@@H](NCc1cc(Br)cs1)C1CCCCC1. The minimum Gasteiger partial charge on any atom is -0.309 e. The van der Waals surface area contributed by atoms with Gasteiger partial charge in [0.15, 0.2) is 0 Å². The summed E-state index contributed by atoms with van der Waals surface area (Å²) in [6.45, 7) is 3.37. The topological polar surface area (TPSA) is 12.0 Å². The number of nitrogens with one attached hydrogen (secondary N) is 1. The van der Waals surface area contributed by atoms with E-state index < -0.39 is 0 Å². The fraction of sp³-hybridized carbons (Fsp3) is 0.692. The molecule has 0 saturated heterocycles. The van der Waals surface area contributed by atoms with E-state index in [0.29, 0.717) is 6.04 Å². The van der Waals surface area contributed by atoms with Gasteiger partial charge in [-0.05, 0) is 47.7 Å². The molecule has 1 nitrogen and oxygen atoms in total. The lowest BCUT2D eigenvalue weighted by Crippen LogP contribution is -2.33. The summed E-state index contributed by atoms with van der Waals surface area (Å²) >= 11 is 5.33. The van der Waals surface area contributed by atoms with Crippen molar-refractivity contribution in [2.24, 2.45) is 5.92 Å². The highest BCUT2D eigenvalue weighted by molar-refractivity contribution is 9.10. The van der Waals surface area contributed by atoms with Crippen LogP contribution in [0.15, 0.2) is 15.9 Å². The maximum Gasteiger partial charge on any atom is 0.0302 e. The first-order valence-electron chi connectivity index (χ1n) is 6.22. The molecule has 1 aromatic heterocycles. The standard InChI is InChI=1S/C13H20BrNS/c1-10(11-5-3-2-4-6-11)15-8-13-7-12(14)9-16-13/h7,9-11,15H,2-6,8H2,1H3/t10-/m1/s1. The molecule has 0 spiro atoms. The molecule has 1 heterocycles. The molecule has 0 aliphatic heterocycles. The van der Waals surface area contributed by atoms with Crippen LogP contribution >= 0.6 is 27.3 Å². The highest BCUT2D eigenvalue weighted by atomic mass is 79.9. The first-order valence-corrected chi connectivity index (χ1v) is 7.89. The first kappa shape index (κ1) is 12.6. The van der Waals surface area contributed by atoms with Crippen molar-refractivity contribution in [2.75, 3.05) is 0 Å². The van der Waals surface area contributed by atoms with Crippen molar-refractivity contribution in [1.29, 1.82) is 0 Å². The Labute approximate surface area is 111 Å². The average Bonchev–Trinajstić information content (AvgIpc) is 2.73. The van der Waals surface area contributed by atoms with Crippen LogP contribution in [0.1, 0.15) is 43.9 Å². The molecule has 16 heavy (non-hydrogen) atoms. The van der Waals surface area contributed by atoms with Crippen LogP contribution in [-0.4, -0.2) is 6.04 Å². The van der Waals surface area contributed by atoms with Gasteiger partial charge in [-0.2, -0.15) is 0 Å². The Morgan fingerprint density at radius 1 is 1.44 bits per heavy atom. The first-order chi connectivity index (χ1) is 7.75. The van der Waals surface area contributed by atoms with Gasteiger partial charge < -0.3 is 5.32 Å². The molecule has 0 bridgehead atoms. The second kappa shape index (κ2) is 6.18. The molecule has 0 radical (unpaired) electrons. The summed E-state index contributed by atoms with van der Waals surface area (Å²) in [7, 11) is 0. The molecule has 0 amide bonds. The second-order valence-electron chi connectivity index (χ2n) is 4.80. The molecule has 1 N–H and O–H groups in total. The molecule has 2 rings (SSSR count). The van der Waals surface area contributed by atoms with E-state index >= 15 is 0 Å². The lowest BCUT2D eigenvalue weighted by atomic mass is 9.84. The Bertz CT molecular complexity index is 317.